The molecule has 1 aromatic heterocycles. The lowest BCUT2D eigenvalue weighted by Gasteiger charge is -2.08. The zero-order chi connectivity index (χ0) is 9.80. The van der Waals surface area contributed by atoms with Crippen molar-refractivity contribution in [2.45, 2.75) is 18.8 Å². The van der Waals surface area contributed by atoms with Crippen LogP contribution in [-0.4, -0.2) is 29.6 Å². The highest BCUT2D eigenvalue weighted by Crippen LogP contribution is 2.19. The van der Waals surface area contributed by atoms with Crippen molar-refractivity contribution in [1.82, 2.24) is 15.3 Å². The van der Waals surface area contributed by atoms with Crippen molar-refractivity contribution in [3.05, 3.63) is 23.8 Å². The number of nitrogens with one attached hydrogen (secondary N) is 1. The molecule has 0 saturated carbocycles. The molecule has 4 nitrogen and oxygen atoms in total. The second-order valence-corrected chi connectivity index (χ2v) is 3.63. The van der Waals surface area contributed by atoms with Gasteiger partial charge in [-0.05, 0) is 25.6 Å². The van der Waals surface area contributed by atoms with E-state index in [1.54, 1.807) is 0 Å². The summed E-state index contributed by atoms with van der Waals surface area (Å²) in [6, 6.07) is 2.01. The normalized spacial score (nSPS) is 21.4. The van der Waals surface area contributed by atoms with Crippen LogP contribution < -0.4 is 11.1 Å². The molecule has 0 aromatic carbocycles. The highest BCUT2D eigenvalue weighted by Gasteiger charge is 2.17. The van der Waals surface area contributed by atoms with Gasteiger partial charge in [-0.25, -0.2) is 9.97 Å². The summed E-state index contributed by atoms with van der Waals surface area (Å²) in [6.45, 7) is 2.76. The van der Waals surface area contributed by atoms with E-state index in [0.29, 0.717) is 12.5 Å². The van der Waals surface area contributed by atoms with Crippen molar-refractivity contribution in [1.29, 1.82) is 0 Å². The monoisotopic (exact) mass is 192 g/mol. The van der Waals surface area contributed by atoms with Crippen molar-refractivity contribution in [3.8, 4) is 0 Å². The van der Waals surface area contributed by atoms with Crippen LogP contribution in [0.4, 0.5) is 0 Å². The van der Waals surface area contributed by atoms with Crippen LogP contribution in [0.5, 0.6) is 0 Å². The SMILES string of the molecule is NCCc1nccc(C2CCNC2)n1. The van der Waals surface area contributed by atoms with Gasteiger partial charge in [0.1, 0.15) is 5.82 Å². The third-order valence-corrected chi connectivity index (χ3v) is 2.57. The third kappa shape index (κ3) is 2.08. The highest BCUT2D eigenvalue weighted by atomic mass is 14.9. The molecule has 0 bridgehead atoms. The van der Waals surface area contributed by atoms with Crippen molar-refractivity contribution in [3.63, 3.8) is 0 Å². The van der Waals surface area contributed by atoms with Gasteiger partial charge in [-0.1, -0.05) is 0 Å². The van der Waals surface area contributed by atoms with Gasteiger partial charge in [0.25, 0.3) is 0 Å². The fraction of sp³-hybridized carbons (Fsp3) is 0.600. The molecule has 1 aliphatic heterocycles. The van der Waals surface area contributed by atoms with Crippen LogP contribution in [0.2, 0.25) is 0 Å². The Morgan fingerprint density at radius 2 is 2.50 bits per heavy atom. The average Bonchev–Trinajstić information content (AvgIpc) is 2.71. The molecular weight excluding hydrogens is 176 g/mol. The molecule has 14 heavy (non-hydrogen) atoms. The summed E-state index contributed by atoms with van der Waals surface area (Å²) >= 11 is 0. The van der Waals surface area contributed by atoms with E-state index in [1.807, 2.05) is 12.3 Å². The quantitative estimate of drug-likeness (QED) is 0.710. The Labute approximate surface area is 83.9 Å². The van der Waals surface area contributed by atoms with Gasteiger partial charge in [0.2, 0.25) is 0 Å². The van der Waals surface area contributed by atoms with Gasteiger partial charge >= 0.3 is 0 Å². The molecule has 1 aliphatic rings. The van der Waals surface area contributed by atoms with Gasteiger partial charge in [-0.15, -0.1) is 0 Å². The van der Waals surface area contributed by atoms with Gasteiger partial charge in [0, 0.05) is 30.8 Å². The van der Waals surface area contributed by atoms with E-state index in [-0.39, 0.29) is 0 Å². The predicted octanol–water partition coefficient (Wildman–Crippen LogP) is 0.0547. The van der Waals surface area contributed by atoms with E-state index in [2.05, 4.69) is 15.3 Å². The number of rotatable bonds is 3. The van der Waals surface area contributed by atoms with E-state index in [4.69, 9.17) is 5.73 Å². The molecular formula is C10H16N4. The van der Waals surface area contributed by atoms with Crippen LogP contribution >= 0.6 is 0 Å². The van der Waals surface area contributed by atoms with E-state index in [1.165, 1.54) is 6.42 Å². The Bertz CT molecular complexity index is 294. The second kappa shape index (κ2) is 4.48. The summed E-state index contributed by atoms with van der Waals surface area (Å²) in [4.78, 5) is 8.70. The molecule has 1 saturated heterocycles. The lowest BCUT2D eigenvalue weighted by atomic mass is 10.1. The van der Waals surface area contributed by atoms with Crippen molar-refractivity contribution in [2.75, 3.05) is 19.6 Å². The van der Waals surface area contributed by atoms with Crippen molar-refractivity contribution < 1.29 is 0 Å². The summed E-state index contributed by atoms with van der Waals surface area (Å²) in [5.41, 5.74) is 6.63. The van der Waals surface area contributed by atoms with Crippen LogP contribution in [0.1, 0.15) is 23.9 Å². The molecule has 1 unspecified atom stereocenters. The first-order valence-electron chi connectivity index (χ1n) is 5.13. The number of nitrogens with zero attached hydrogens (tertiary/aromatic N) is 2. The highest BCUT2D eigenvalue weighted by molar-refractivity contribution is 5.11. The first kappa shape index (κ1) is 9.55. The van der Waals surface area contributed by atoms with Gasteiger partial charge in [-0.3, -0.25) is 0 Å². The molecule has 1 fully saturated rings. The second-order valence-electron chi connectivity index (χ2n) is 3.63. The molecule has 4 heteroatoms. The van der Waals surface area contributed by atoms with Crippen molar-refractivity contribution >= 4 is 0 Å². The van der Waals surface area contributed by atoms with Gasteiger partial charge in [0.05, 0.1) is 0 Å². The molecule has 76 valence electrons. The predicted molar refractivity (Wildman–Crippen MR) is 55.0 cm³/mol. The van der Waals surface area contributed by atoms with Gasteiger partial charge in [-0.2, -0.15) is 0 Å². The maximum atomic E-state index is 5.47. The van der Waals surface area contributed by atoms with Crippen LogP contribution in [0, 0.1) is 0 Å². The topological polar surface area (TPSA) is 63.8 Å². The molecule has 3 N–H and O–H groups in total. The average molecular weight is 192 g/mol. The molecule has 0 radical (unpaired) electrons. The zero-order valence-electron chi connectivity index (χ0n) is 8.24. The fourth-order valence-corrected chi connectivity index (χ4v) is 1.80. The fourth-order valence-electron chi connectivity index (χ4n) is 1.80. The first-order chi connectivity index (χ1) is 6.90. The third-order valence-electron chi connectivity index (χ3n) is 2.57. The maximum Gasteiger partial charge on any atom is 0.129 e. The Balaban J connectivity index is 2.12. The molecule has 0 amide bonds. The summed E-state index contributed by atoms with van der Waals surface area (Å²) < 4.78 is 0. The Morgan fingerprint density at radius 3 is 3.21 bits per heavy atom. The van der Waals surface area contributed by atoms with Crippen molar-refractivity contribution in [2.24, 2.45) is 5.73 Å². The summed E-state index contributed by atoms with van der Waals surface area (Å²) in [5.74, 6) is 1.44. The number of hydrogen-bond donors (Lipinski definition) is 2. The number of hydrogen-bond acceptors (Lipinski definition) is 4. The minimum atomic E-state index is 0.564. The Morgan fingerprint density at radius 1 is 1.57 bits per heavy atom. The minimum Gasteiger partial charge on any atom is -0.330 e. The molecule has 2 heterocycles. The van der Waals surface area contributed by atoms with E-state index < -0.39 is 0 Å². The van der Waals surface area contributed by atoms with E-state index in [0.717, 1.165) is 31.0 Å². The van der Waals surface area contributed by atoms with Gasteiger partial charge in [0.15, 0.2) is 0 Å². The molecule has 2 rings (SSSR count). The van der Waals surface area contributed by atoms with Crippen LogP contribution in [0.3, 0.4) is 0 Å². The van der Waals surface area contributed by atoms with Crippen LogP contribution in [-0.2, 0) is 6.42 Å². The Hall–Kier alpha value is -1.00. The maximum absolute atomic E-state index is 5.47. The van der Waals surface area contributed by atoms with E-state index >= 15 is 0 Å². The number of aromatic nitrogens is 2. The lowest BCUT2D eigenvalue weighted by molar-refractivity contribution is 0.714. The summed E-state index contributed by atoms with van der Waals surface area (Å²) in [7, 11) is 0. The first-order valence-corrected chi connectivity index (χ1v) is 5.13. The van der Waals surface area contributed by atoms with E-state index in [9.17, 15) is 0 Å². The molecule has 0 aliphatic carbocycles. The van der Waals surface area contributed by atoms with Crippen LogP contribution in [0.25, 0.3) is 0 Å². The van der Waals surface area contributed by atoms with Gasteiger partial charge < -0.3 is 11.1 Å². The Kier molecular flexibility index (Phi) is 3.06. The number of nitrogens with two attached hydrogens (primary N) is 1. The summed E-state index contributed by atoms with van der Waals surface area (Å²) in [5, 5.41) is 3.34. The summed E-state index contributed by atoms with van der Waals surface area (Å²) in [6.07, 6.45) is 3.79. The minimum absolute atomic E-state index is 0.564. The zero-order valence-corrected chi connectivity index (χ0v) is 8.24. The molecule has 1 aromatic rings. The smallest absolute Gasteiger partial charge is 0.129 e. The largest absolute Gasteiger partial charge is 0.330 e. The van der Waals surface area contributed by atoms with Crippen LogP contribution in [0.15, 0.2) is 12.3 Å². The standard InChI is InChI=1S/C10H16N4/c11-4-1-10-13-6-3-9(14-10)8-2-5-12-7-8/h3,6,8,12H,1-2,4-5,7,11H2. The molecule has 0 spiro atoms. The lowest BCUT2D eigenvalue weighted by Crippen LogP contribution is -2.11. The molecule has 1 atom stereocenters.